The number of nitrogens with one attached hydrogen (secondary N) is 1. The topological polar surface area (TPSA) is 45.0 Å². The number of nitrogens with two attached hydrogens (primary N) is 1. The van der Waals surface area contributed by atoms with Gasteiger partial charge >= 0.3 is 0 Å². The fourth-order valence-electron chi connectivity index (χ4n) is 4.91. The summed E-state index contributed by atoms with van der Waals surface area (Å²) in [6.45, 7) is 2.16. The first-order chi connectivity index (χ1) is 12.9. The van der Waals surface area contributed by atoms with E-state index in [2.05, 4.69) is 49.1 Å². The highest BCUT2D eigenvalue weighted by Crippen LogP contribution is 2.48. The van der Waals surface area contributed by atoms with Crippen molar-refractivity contribution in [2.75, 3.05) is 14.1 Å². The van der Waals surface area contributed by atoms with Gasteiger partial charge in [0.05, 0.1) is 5.54 Å². The van der Waals surface area contributed by atoms with E-state index in [1.807, 2.05) is 18.2 Å². The van der Waals surface area contributed by atoms with Gasteiger partial charge in [0.15, 0.2) is 0 Å². The molecule has 4 heteroatoms. The summed E-state index contributed by atoms with van der Waals surface area (Å²) >= 11 is 0. The van der Waals surface area contributed by atoms with E-state index in [0.29, 0.717) is 0 Å². The molecule has 1 saturated carbocycles. The van der Waals surface area contributed by atoms with Crippen LogP contribution in [0, 0.1) is 12.7 Å². The van der Waals surface area contributed by atoms with Crippen molar-refractivity contribution in [3.8, 4) is 0 Å². The lowest BCUT2D eigenvalue weighted by molar-refractivity contribution is 0.0648. The fraction of sp³-hybridized carbons (Fsp3) is 0.391. The number of nitrogens with zero attached hydrogens (tertiary/aromatic N) is 1. The van der Waals surface area contributed by atoms with Crippen LogP contribution in [0.1, 0.15) is 42.5 Å². The Morgan fingerprint density at radius 2 is 1.70 bits per heavy atom. The van der Waals surface area contributed by atoms with E-state index in [-0.39, 0.29) is 16.9 Å². The van der Waals surface area contributed by atoms with Crippen LogP contribution in [0.15, 0.2) is 48.5 Å². The van der Waals surface area contributed by atoms with Gasteiger partial charge in [-0.15, -0.1) is 0 Å². The molecule has 0 saturated heterocycles. The number of aromatic amines is 1. The summed E-state index contributed by atoms with van der Waals surface area (Å²) in [5.74, 6) is -0.176. The molecule has 3 aromatic rings. The maximum absolute atomic E-state index is 13.9. The zero-order valence-corrected chi connectivity index (χ0v) is 16.3. The Kier molecular flexibility index (Phi) is 4.36. The molecule has 1 aliphatic carbocycles. The first kappa shape index (κ1) is 18.2. The Morgan fingerprint density at radius 3 is 2.33 bits per heavy atom. The van der Waals surface area contributed by atoms with E-state index in [1.54, 1.807) is 6.07 Å². The third kappa shape index (κ3) is 2.88. The second kappa shape index (κ2) is 6.47. The lowest BCUT2D eigenvalue weighted by Crippen LogP contribution is -2.51. The van der Waals surface area contributed by atoms with Gasteiger partial charge in [-0.3, -0.25) is 4.90 Å². The normalized spacial score (nSPS) is 26.0. The van der Waals surface area contributed by atoms with Crippen LogP contribution >= 0.6 is 0 Å². The molecule has 0 bridgehead atoms. The number of hydrogen-bond acceptors (Lipinski definition) is 2. The first-order valence-electron chi connectivity index (χ1n) is 9.66. The SMILES string of the molecule is Cc1c(C2(N)CCC(c3cccc(F)c3)(N(C)C)CC2)[nH]c2ccccc12. The molecule has 3 N–H and O–H groups in total. The zero-order chi connectivity index (χ0) is 19.2. The number of fused-ring (bicyclic) bond motifs is 1. The predicted octanol–water partition coefficient (Wildman–Crippen LogP) is 4.80. The summed E-state index contributed by atoms with van der Waals surface area (Å²) in [4.78, 5) is 5.82. The molecular formula is C23H28FN3. The molecular weight excluding hydrogens is 337 g/mol. The van der Waals surface area contributed by atoms with Gasteiger partial charge in [-0.25, -0.2) is 4.39 Å². The molecule has 0 radical (unpaired) electrons. The monoisotopic (exact) mass is 365 g/mol. The molecule has 3 nitrogen and oxygen atoms in total. The van der Waals surface area contributed by atoms with Gasteiger partial charge in [-0.1, -0.05) is 30.3 Å². The molecule has 1 heterocycles. The van der Waals surface area contributed by atoms with Crippen LogP contribution in [0.5, 0.6) is 0 Å². The molecule has 4 rings (SSSR count). The van der Waals surface area contributed by atoms with Crippen molar-refractivity contribution in [1.29, 1.82) is 0 Å². The van der Waals surface area contributed by atoms with Crippen LogP contribution < -0.4 is 5.73 Å². The fourth-order valence-corrected chi connectivity index (χ4v) is 4.91. The van der Waals surface area contributed by atoms with Crippen molar-refractivity contribution in [3.63, 3.8) is 0 Å². The smallest absolute Gasteiger partial charge is 0.123 e. The molecule has 27 heavy (non-hydrogen) atoms. The molecule has 1 aliphatic rings. The summed E-state index contributed by atoms with van der Waals surface area (Å²) in [5.41, 5.74) is 11.0. The van der Waals surface area contributed by atoms with Crippen molar-refractivity contribution < 1.29 is 4.39 Å². The standard InChI is InChI=1S/C23H28FN3/c1-16-19-9-4-5-10-20(19)26-21(16)22(25)11-13-23(14-12-22,27(2)3)17-7-6-8-18(24)15-17/h4-10,15,26H,11-14,25H2,1-3H3. The summed E-state index contributed by atoms with van der Waals surface area (Å²) in [7, 11) is 4.17. The average molecular weight is 365 g/mol. The molecule has 1 fully saturated rings. The Bertz CT molecular complexity index is 965. The Balaban J connectivity index is 1.69. The minimum Gasteiger partial charge on any atom is -0.357 e. The number of aromatic nitrogens is 1. The number of hydrogen-bond donors (Lipinski definition) is 2. The van der Waals surface area contributed by atoms with E-state index in [1.165, 1.54) is 17.0 Å². The maximum atomic E-state index is 13.9. The van der Waals surface area contributed by atoms with Crippen LogP contribution in [-0.4, -0.2) is 24.0 Å². The minimum atomic E-state index is -0.379. The molecule has 0 unspecified atom stereocenters. The number of H-pyrrole nitrogens is 1. The second-order valence-electron chi connectivity index (χ2n) is 8.26. The third-order valence-corrected chi connectivity index (χ3v) is 6.65. The highest BCUT2D eigenvalue weighted by atomic mass is 19.1. The van der Waals surface area contributed by atoms with E-state index in [0.717, 1.165) is 42.5 Å². The van der Waals surface area contributed by atoms with Crippen molar-refractivity contribution in [2.24, 2.45) is 5.73 Å². The molecule has 142 valence electrons. The summed E-state index contributed by atoms with van der Waals surface area (Å²) in [5, 5.41) is 1.24. The lowest BCUT2D eigenvalue weighted by Gasteiger charge is -2.49. The maximum Gasteiger partial charge on any atom is 0.123 e. The lowest BCUT2D eigenvalue weighted by atomic mass is 9.67. The quantitative estimate of drug-likeness (QED) is 0.700. The molecule has 0 spiro atoms. The van der Waals surface area contributed by atoms with Gasteiger partial charge in [0.2, 0.25) is 0 Å². The largest absolute Gasteiger partial charge is 0.357 e. The van der Waals surface area contributed by atoms with Crippen molar-refractivity contribution in [2.45, 2.75) is 43.7 Å². The van der Waals surface area contributed by atoms with E-state index in [4.69, 9.17) is 5.73 Å². The van der Waals surface area contributed by atoms with Crippen LogP contribution in [0.25, 0.3) is 10.9 Å². The van der Waals surface area contributed by atoms with E-state index < -0.39 is 0 Å². The van der Waals surface area contributed by atoms with Gasteiger partial charge in [0, 0.05) is 22.1 Å². The summed E-state index contributed by atoms with van der Waals surface area (Å²) in [6, 6.07) is 15.4. The summed E-state index contributed by atoms with van der Waals surface area (Å²) in [6.07, 6.45) is 3.51. The Labute approximate surface area is 160 Å². The van der Waals surface area contributed by atoms with Gasteiger partial charge in [0.1, 0.15) is 5.82 Å². The number of halogens is 1. The molecule has 0 aliphatic heterocycles. The second-order valence-corrected chi connectivity index (χ2v) is 8.26. The van der Waals surface area contributed by atoms with Crippen molar-refractivity contribution in [3.05, 3.63) is 71.2 Å². The Morgan fingerprint density at radius 1 is 1.00 bits per heavy atom. The molecule has 1 aromatic heterocycles. The predicted molar refractivity (Wildman–Crippen MR) is 109 cm³/mol. The van der Waals surface area contributed by atoms with Crippen molar-refractivity contribution in [1.82, 2.24) is 9.88 Å². The van der Waals surface area contributed by atoms with Gasteiger partial charge in [-0.2, -0.15) is 0 Å². The average Bonchev–Trinajstić information content (AvgIpc) is 3.00. The van der Waals surface area contributed by atoms with E-state index in [9.17, 15) is 4.39 Å². The minimum absolute atomic E-state index is 0.176. The highest BCUT2D eigenvalue weighted by molar-refractivity contribution is 5.84. The van der Waals surface area contributed by atoms with Crippen LogP contribution in [0.2, 0.25) is 0 Å². The van der Waals surface area contributed by atoms with Gasteiger partial charge < -0.3 is 10.7 Å². The number of rotatable bonds is 3. The van der Waals surface area contributed by atoms with Crippen molar-refractivity contribution >= 4 is 10.9 Å². The molecule has 2 aromatic carbocycles. The third-order valence-electron chi connectivity index (χ3n) is 6.65. The highest BCUT2D eigenvalue weighted by Gasteiger charge is 2.45. The first-order valence-corrected chi connectivity index (χ1v) is 9.66. The van der Waals surface area contributed by atoms with Crippen LogP contribution in [0.4, 0.5) is 4.39 Å². The zero-order valence-electron chi connectivity index (χ0n) is 16.3. The van der Waals surface area contributed by atoms with Crippen LogP contribution in [0.3, 0.4) is 0 Å². The molecule has 0 amide bonds. The number of para-hydroxylation sites is 1. The molecule has 0 atom stereocenters. The van der Waals surface area contributed by atoms with Crippen LogP contribution in [-0.2, 0) is 11.1 Å². The number of benzene rings is 2. The van der Waals surface area contributed by atoms with Gasteiger partial charge in [0.25, 0.3) is 0 Å². The Hall–Kier alpha value is -2.17. The number of aryl methyl sites for hydroxylation is 1. The summed E-state index contributed by atoms with van der Waals surface area (Å²) < 4.78 is 13.9. The van der Waals surface area contributed by atoms with E-state index >= 15 is 0 Å². The van der Waals surface area contributed by atoms with Gasteiger partial charge in [-0.05, 0) is 76.0 Å².